The molecule has 156 valence electrons. The van der Waals surface area contributed by atoms with E-state index in [4.69, 9.17) is 4.74 Å². The zero-order chi connectivity index (χ0) is 21.4. The van der Waals surface area contributed by atoms with Gasteiger partial charge < -0.3 is 19.3 Å². The molecule has 2 unspecified atom stereocenters. The van der Waals surface area contributed by atoms with E-state index in [0.29, 0.717) is 35.1 Å². The summed E-state index contributed by atoms with van der Waals surface area (Å²) < 4.78 is 47.2. The second kappa shape index (κ2) is 8.13. The van der Waals surface area contributed by atoms with Crippen molar-refractivity contribution in [2.75, 3.05) is 27.7 Å². The van der Waals surface area contributed by atoms with Gasteiger partial charge in [0.2, 0.25) is 0 Å². The molecular weight excluding hydrogens is 373 g/mol. The zero-order valence-corrected chi connectivity index (χ0v) is 17.0. The number of aryl methyl sites for hydroxylation is 1. The van der Waals surface area contributed by atoms with Crippen molar-refractivity contribution in [3.05, 3.63) is 34.5 Å². The van der Waals surface area contributed by atoms with Crippen LogP contribution in [0.2, 0.25) is 0 Å². The Hall–Kier alpha value is -2.06. The minimum atomic E-state index is -4.59. The molecular formula is C20H27F3N2O3. The maximum atomic E-state index is 13.5. The maximum Gasteiger partial charge on any atom is 0.416 e. The SMILES string of the molecule is COC(=O)C(CCN(C)C)c1c(C)n(C)c2cc(C(F)(F)F)c(C(C)O)cc12. The van der Waals surface area contributed by atoms with Crippen LogP contribution in [0, 0.1) is 6.92 Å². The molecule has 1 N–H and O–H groups in total. The van der Waals surface area contributed by atoms with E-state index in [1.165, 1.54) is 20.1 Å². The molecule has 0 radical (unpaired) electrons. The van der Waals surface area contributed by atoms with Crippen LogP contribution in [-0.2, 0) is 22.8 Å². The Bertz CT molecular complexity index is 870. The molecule has 0 aliphatic rings. The molecule has 0 aliphatic carbocycles. The number of hydrogen-bond acceptors (Lipinski definition) is 4. The average Bonchev–Trinajstić information content (AvgIpc) is 2.84. The third kappa shape index (κ3) is 4.17. The van der Waals surface area contributed by atoms with Gasteiger partial charge in [-0.1, -0.05) is 0 Å². The Morgan fingerprint density at radius 2 is 1.93 bits per heavy atom. The van der Waals surface area contributed by atoms with Gasteiger partial charge in [0, 0.05) is 23.6 Å². The largest absolute Gasteiger partial charge is 0.469 e. The average molecular weight is 400 g/mol. The van der Waals surface area contributed by atoms with E-state index in [1.807, 2.05) is 19.0 Å². The van der Waals surface area contributed by atoms with Crippen molar-refractivity contribution in [3.8, 4) is 0 Å². The number of aromatic nitrogens is 1. The lowest BCUT2D eigenvalue weighted by Gasteiger charge is -2.19. The van der Waals surface area contributed by atoms with Gasteiger partial charge in [-0.25, -0.2) is 0 Å². The number of aliphatic hydroxyl groups is 1. The first-order chi connectivity index (χ1) is 12.9. The number of nitrogens with zero attached hydrogens (tertiary/aromatic N) is 2. The molecule has 1 aromatic carbocycles. The van der Waals surface area contributed by atoms with Gasteiger partial charge >= 0.3 is 12.1 Å². The fourth-order valence-corrected chi connectivity index (χ4v) is 3.60. The summed E-state index contributed by atoms with van der Waals surface area (Å²) in [5, 5.41) is 10.5. The Kier molecular flexibility index (Phi) is 6.45. The first-order valence-corrected chi connectivity index (χ1v) is 9.00. The second-order valence-corrected chi connectivity index (χ2v) is 7.36. The second-order valence-electron chi connectivity index (χ2n) is 7.36. The van der Waals surface area contributed by atoms with Crippen LogP contribution >= 0.6 is 0 Å². The molecule has 0 saturated heterocycles. The highest BCUT2D eigenvalue weighted by Gasteiger charge is 2.36. The lowest BCUT2D eigenvalue weighted by molar-refractivity contribution is -0.142. The van der Waals surface area contributed by atoms with E-state index in [0.717, 1.165) is 6.07 Å². The minimum absolute atomic E-state index is 0.205. The molecule has 0 spiro atoms. The molecule has 2 aromatic rings. The normalized spacial score (nSPS) is 14.5. The Morgan fingerprint density at radius 1 is 1.32 bits per heavy atom. The van der Waals surface area contributed by atoms with E-state index in [9.17, 15) is 23.1 Å². The lowest BCUT2D eigenvalue weighted by Crippen LogP contribution is -2.22. The van der Waals surface area contributed by atoms with E-state index in [-0.39, 0.29) is 5.56 Å². The van der Waals surface area contributed by atoms with Gasteiger partial charge in [-0.3, -0.25) is 4.79 Å². The number of methoxy groups -OCH3 is 1. The number of rotatable bonds is 6. The first-order valence-electron chi connectivity index (χ1n) is 9.00. The highest BCUT2D eigenvalue weighted by Crippen LogP contribution is 2.41. The molecule has 8 heteroatoms. The predicted octanol–water partition coefficient (Wildman–Crippen LogP) is 3.77. The van der Waals surface area contributed by atoms with E-state index < -0.39 is 29.7 Å². The standard InChI is InChI=1S/C20H27F3N2O3/c1-11-18(13(19(27)28-6)7-8-24(3)4)15-9-14(12(2)26)16(20(21,22)23)10-17(15)25(11)5/h9-10,12-13,26H,7-8H2,1-6H3. The van der Waals surface area contributed by atoms with Gasteiger partial charge in [0.05, 0.1) is 24.7 Å². The predicted molar refractivity (Wildman–Crippen MR) is 101 cm³/mol. The van der Waals surface area contributed by atoms with Gasteiger partial charge in [0.15, 0.2) is 0 Å². The number of ether oxygens (including phenoxy) is 1. The van der Waals surface area contributed by atoms with Crippen molar-refractivity contribution in [2.24, 2.45) is 7.05 Å². The van der Waals surface area contributed by atoms with Crippen molar-refractivity contribution in [1.82, 2.24) is 9.47 Å². The van der Waals surface area contributed by atoms with Crippen LogP contribution in [0.4, 0.5) is 13.2 Å². The van der Waals surface area contributed by atoms with Gasteiger partial charge in [-0.15, -0.1) is 0 Å². The molecule has 5 nitrogen and oxygen atoms in total. The van der Waals surface area contributed by atoms with Crippen LogP contribution in [0.25, 0.3) is 10.9 Å². The third-order valence-electron chi connectivity index (χ3n) is 5.17. The Balaban J connectivity index is 2.80. The molecule has 0 saturated carbocycles. The number of fused-ring (bicyclic) bond motifs is 1. The number of halogens is 3. The summed E-state index contributed by atoms with van der Waals surface area (Å²) in [6.45, 7) is 3.69. The van der Waals surface area contributed by atoms with Crippen LogP contribution in [0.15, 0.2) is 12.1 Å². The summed E-state index contributed by atoms with van der Waals surface area (Å²) >= 11 is 0. The minimum Gasteiger partial charge on any atom is -0.469 e. The van der Waals surface area contributed by atoms with Crippen molar-refractivity contribution in [1.29, 1.82) is 0 Å². The lowest BCUT2D eigenvalue weighted by atomic mass is 9.90. The summed E-state index contributed by atoms with van der Waals surface area (Å²) in [5.41, 5.74) is 0.623. The highest BCUT2D eigenvalue weighted by molar-refractivity contribution is 5.93. The molecule has 0 aliphatic heterocycles. The van der Waals surface area contributed by atoms with Crippen LogP contribution in [-0.4, -0.2) is 48.3 Å². The number of benzene rings is 1. The molecule has 28 heavy (non-hydrogen) atoms. The molecule has 2 atom stereocenters. The Morgan fingerprint density at radius 3 is 2.39 bits per heavy atom. The van der Waals surface area contributed by atoms with Crippen molar-refractivity contribution >= 4 is 16.9 Å². The van der Waals surface area contributed by atoms with Crippen molar-refractivity contribution in [2.45, 2.75) is 38.5 Å². The molecule has 0 fully saturated rings. The van der Waals surface area contributed by atoms with Gasteiger partial charge in [-0.05, 0) is 64.2 Å². The topological polar surface area (TPSA) is 54.7 Å². The fraction of sp³-hybridized carbons (Fsp3) is 0.550. The number of carbonyl (C=O) groups excluding carboxylic acids is 1. The van der Waals surface area contributed by atoms with Crippen molar-refractivity contribution < 1.29 is 27.8 Å². The number of aliphatic hydroxyl groups excluding tert-OH is 1. The smallest absolute Gasteiger partial charge is 0.416 e. The number of hydrogen-bond donors (Lipinski definition) is 1. The molecule has 0 amide bonds. The molecule has 1 aromatic heterocycles. The monoisotopic (exact) mass is 400 g/mol. The Labute approximate surface area is 162 Å². The van der Waals surface area contributed by atoms with Gasteiger partial charge in [0.25, 0.3) is 0 Å². The number of esters is 1. The molecule has 2 rings (SSSR count). The zero-order valence-electron chi connectivity index (χ0n) is 17.0. The molecule has 1 heterocycles. The maximum absolute atomic E-state index is 13.5. The van der Waals surface area contributed by atoms with Crippen LogP contribution in [0.1, 0.15) is 47.8 Å². The van der Waals surface area contributed by atoms with Gasteiger partial charge in [0.1, 0.15) is 0 Å². The van der Waals surface area contributed by atoms with Crippen LogP contribution < -0.4 is 0 Å². The summed E-state index contributed by atoms with van der Waals surface area (Å²) in [7, 11) is 6.73. The van der Waals surface area contributed by atoms with Crippen LogP contribution in [0.5, 0.6) is 0 Å². The summed E-state index contributed by atoms with van der Waals surface area (Å²) in [5.74, 6) is -1.05. The first kappa shape index (κ1) is 22.2. The summed E-state index contributed by atoms with van der Waals surface area (Å²) in [6.07, 6.45) is -5.43. The van der Waals surface area contributed by atoms with E-state index in [2.05, 4.69) is 0 Å². The summed E-state index contributed by atoms with van der Waals surface area (Å²) in [6, 6.07) is 2.41. The highest BCUT2D eigenvalue weighted by atomic mass is 19.4. The number of alkyl halides is 3. The van der Waals surface area contributed by atoms with E-state index in [1.54, 1.807) is 18.5 Å². The van der Waals surface area contributed by atoms with E-state index >= 15 is 0 Å². The summed E-state index contributed by atoms with van der Waals surface area (Å²) in [4.78, 5) is 14.4. The fourth-order valence-electron chi connectivity index (χ4n) is 3.60. The van der Waals surface area contributed by atoms with Crippen LogP contribution in [0.3, 0.4) is 0 Å². The van der Waals surface area contributed by atoms with Gasteiger partial charge in [-0.2, -0.15) is 13.2 Å². The quantitative estimate of drug-likeness (QED) is 0.750. The van der Waals surface area contributed by atoms with Crippen molar-refractivity contribution in [3.63, 3.8) is 0 Å². The molecule has 0 bridgehead atoms. The number of carbonyl (C=O) groups is 1. The third-order valence-corrected chi connectivity index (χ3v) is 5.17.